The van der Waals surface area contributed by atoms with Crippen LogP contribution in [-0.4, -0.2) is 23.1 Å². The Balaban J connectivity index is 3.81. The fourth-order valence-corrected chi connectivity index (χ4v) is 6.38. The number of esters is 1. The van der Waals surface area contributed by atoms with Crippen molar-refractivity contribution < 1.29 is 19.4 Å². The van der Waals surface area contributed by atoms with E-state index in [0.717, 1.165) is 25.7 Å². The van der Waals surface area contributed by atoms with Gasteiger partial charge < -0.3 is 9.84 Å². The summed E-state index contributed by atoms with van der Waals surface area (Å²) in [5.74, 6) is -1.27. The van der Waals surface area contributed by atoms with Crippen molar-refractivity contribution in [2.45, 2.75) is 245 Å². The summed E-state index contributed by atoms with van der Waals surface area (Å²) in [6.07, 6.45) is 43.7. The van der Waals surface area contributed by atoms with Gasteiger partial charge in [0.05, 0.1) is 12.8 Å². The number of rotatable bonds is 37. The Labute approximate surface area is 275 Å². The van der Waals surface area contributed by atoms with Crippen molar-refractivity contribution in [3.05, 3.63) is 0 Å². The second-order valence-electron chi connectivity index (χ2n) is 13.8. The summed E-state index contributed by atoms with van der Waals surface area (Å²) in [7, 11) is 0. The van der Waals surface area contributed by atoms with Gasteiger partial charge in [-0.1, -0.05) is 200 Å². The lowest BCUT2D eigenvalue weighted by atomic mass is 10.0. The number of hydrogen-bond donors (Lipinski definition) is 1. The highest BCUT2D eigenvalue weighted by Crippen LogP contribution is 2.19. The zero-order chi connectivity index (χ0) is 32.2. The van der Waals surface area contributed by atoms with Crippen LogP contribution in [0.2, 0.25) is 0 Å². The standard InChI is InChI=1S/C40H78O4/c1-3-5-7-9-11-13-15-17-19-21-23-25-27-29-31-33-35-38(44-40(43)37-36-39(41)42)34-32-30-28-26-24-22-20-18-16-14-12-10-8-6-4-2/h38H,3-37H2,1-2H3,(H,41,42). The van der Waals surface area contributed by atoms with Crippen LogP contribution in [0, 0.1) is 0 Å². The summed E-state index contributed by atoms with van der Waals surface area (Å²) in [6.45, 7) is 4.57. The van der Waals surface area contributed by atoms with E-state index in [1.807, 2.05) is 0 Å². The third kappa shape index (κ3) is 35.4. The van der Waals surface area contributed by atoms with Crippen LogP contribution in [0.3, 0.4) is 0 Å². The number of carbonyl (C=O) groups is 2. The van der Waals surface area contributed by atoms with Crippen molar-refractivity contribution in [3.63, 3.8) is 0 Å². The molecule has 0 aromatic carbocycles. The van der Waals surface area contributed by atoms with Crippen LogP contribution in [-0.2, 0) is 14.3 Å². The lowest BCUT2D eigenvalue weighted by molar-refractivity contribution is -0.152. The first-order valence-corrected chi connectivity index (χ1v) is 20.0. The Morgan fingerprint density at radius 1 is 0.409 bits per heavy atom. The summed E-state index contributed by atoms with van der Waals surface area (Å²) >= 11 is 0. The summed E-state index contributed by atoms with van der Waals surface area (Å²) in [4.78, 5) is 23.1. The monoisotopic (exact) mass is 623 g/mol. The average molecular weight is 623 g/mol. The van der Waals surface area contributed by atoms with Gasteiger partial charge in [-0.25, -0.2) is 0 Å². The molecule has 262 valence electrons. The van der Waals surface area contributed by atoms with Gasteiger partial charge in [-0.05, 0) is 25.7 Å². The number of unbranched alkanes of at least 4 members (excludes halogenated alkanes) is 29. The van der Waals surface area contributed by atoms with Crippen molar-refractivity contribution in [1.29, 1.82) is 0 Å². The van der Waals surface area contributed by atoms with E-state index >= 15 is 0 Å². The van der Waals surface area contributed by atoms with E-state index in [9.17, 15) is 9.59 Å². The number of carboxylic acids is 1. The Bertz CT molecular complexity index is 590. The first kappa shape index (κ1) is 42.9. The maximum absolute atomic E-state index is 12.2. The molecule has 1 unspecified atom stereocenters. The van der Waals surface area contributed by atoms with Crippen molar-refractivity contribution in [2.24, 2.45) is 0 Å². The molecular weight excluding hydrogens is 544 g/mol. The molecule has 0 spiro atoms. The van der Waals surface area contributed by atoms with Crippen LogP contribution in [0.1, 0.15) is 239 Å². The van der Waals surface area contributed by atoms with Crippen molar-refractivity contribution in [3.8, 4) is 0 Å². The molecule has 0 aliphatic rings. The van der Waals surface area contributed by atoms with Gasteiger partial charge >= 0.3 is 11.9 Å². The zero-order valence-electron chi connectivity index (χ0n) is 30.0. The maximum atomic E-state index is 12.2. The Morgan fingerprint density at radius 3 is 0.909 bits per heavy atom. The minimum Gasteiger partial charge on any atom is -0.481 e. The maximum Gasteiger partial charge on any atom is 0.306 e. The normalized spacial score (nSPS) is 12.0. The molecular formula is C40H78O4. The van der Waals surface area contributed by atoms with Crippen LogP contribution in [0.5, 0.6) is 0 Å². The smallest absolute Gasteiger partial charge is 0.306 e. The molecule has 0 rings (SSSR count). The largest absolute Gasteiger partial charge is 0.481 e. The fourth-order valence-electron chi connectivity index (χ4n) is 6.38. The van der Waals surface area contributed by atoms with E-state index in [1.165, 1.54) is 186 Å². The lowest BCUT2D eigenvalue weighted by Gasteiger charge is -2.18. The molecule has 0 aromatic heterocycles. The number of carboxylic acid groups (broad SMARTS) is 1. The molecule has 0 bridgehead atoms. The molecule has 0 amide bonds. The summed E-state index contributed by atoms with van der Waals surface area (Å²) in [5.41, 5.74) is 0. The molecule has 0 saturated heterocycles. The van der Waals surface area contributed by atoms with E-state index in [2.05, 4.69) is 13.8 Å². The van der Waals surface area contributed by atoms with Gasteiger partial charge in [-0.3, -0.25) is 9.59 Å². The van der Waals surface area contributed by atoms with Crippen LogP contribution in [0.4, 0.5) is 0 Å². The van der Waals surface area contributed by atoms with Gasteiger partial charge in [0.1, 0.15) is 6.10 Å². The van der Waals surface area contributed by atoms with Gasteiger partial charge in [-0.15, -0.1) is 0 Å². The average Bonchev–Trinajstić information content (AvgIpc) is 3.01. The fraction of sp³-hybridized carbons (Fsp3) is 0.950. The predicted molar refractivity (Wildman–Crippen MR) is 190 cm³/mol. The van der Waals surface area contributed by atoms with E-state index in [4.69, 9.17) is 9.84 Å². The predicted octanol–water partition coefficient (Wildman–Crippen LogP) is 13.7. The van der Waals surface area contributed by atoms with Crippen LogP contribution >= 0.6 is 0 Å². The third-order valence-electron chi connectivity index (χ3n) is 9.35. The highest BCUT2D eigenvalue weighted by atomic mass is 16.5. The van der Waals surface area contributed by atoms with Gasteiger partial charge in [0.15, 0.2) is 0 Å². The second-order valence-corrected chi connectivity index (χ2v) is 13.8. The molecule has 0 heterocycles. The Morgan fingerprint density at radius 2 is 0.659 bits per heavy atom. The highest BCUT2D eigenvalue weighted by Gasteiger charge is 2.15. The SMILES string of the molecule is CCCCCCCCCCCCCCCCCCC(CCCCCCCCCCCCCCCCC)OC(=O)CCC(=O)O. The molecule has 0 fully saturated rings. The molecule has 1 N–H and O–H groups in total. The van der Waals surface area contributed by atoms with Crippen LogP contribution in [0.25, 0.3) is 0 Å². The first-order chi connectivity index (χ1) is 21.6. The number of ether oxygens (including phenoxy) is 1. The Kier molecular flexibility index (Phi) is 35.5. The lowest BCUT2D eigenvalue weighted by Crippen LogP contribution is -2.19. The summed E-state index contributed by atoms with van der Waals surface area (Å²) in [5, 5.41) is 8.90. The topological polar surface area (TPSA) is 63.6 Å². The number of aliphatic carboxylic acids is 1. The highest BCUT2D eigenvalue weighted by molar-refractivity contribution is 5.76. The summed E-state index contributed by atoms with van der Waals surface area (Å²) in [6, 6.07) is 0. The van der Waals surface area contributed by atoms with Gasteiger partial charge in [-0.2, -0.15) is 0 Å². The van der Waals surface area contributed by atoms with E-state index in [-0.39, 0.29) is 24.9 Å². The van der Waals surface area contributed by atoms with Crippen molar-refractivity contribution >= 4 is 11.9 Å². The molecule has 4 heteroatoms. The first-order valence-electron chi connectivity index (χ1n) is 20.0. The molecule has 0 radical (unpaired) electrons. The third-order valence-corrected chi connectivity index (χ3v) is 9.35. The zero-order valence-corrected chi connectivity index (χ0v) is 30.0. The van der Waals surface area contributed by atoms with Gasteiger partial charge in [0, 0.05) is 0 Å². The molecule has 0 aliphatic heterocycles. The molecule has 4 nitrogen and oxygen atoms in total. The quantitative estimate of drug-likeness (QED) is 0.0553. The number of hydrogen-bond acceptors (Lipinski definition) is 3. The Hall–Kier alpha value is -1.06. The minimum atomic E-state index is -0.932. The number of carbonyl (C=O) groups excluding carboxylic acids is 1. The van der Waals surface area contributed by atoms with Crippen LogP contribution in [0.15, 0.2) is 0 Å². The minimum absolute atomic E-state index is 0.0103. The summed E-state index contributed by atoms with van der Waals surface area (Å²) < 4.78 is 5.74. The molecule has 0 saturated carbocycles. The second kappa shape index (κ2) is 36.4. The van der Waals surface area contributed by atoms with Gasteiger partial charge in [0.25, 0.3) is 0 Å². The van der Waals surface area contributed by atoms with E-state index in [1.54, 1.807) is 0 Å². The van der Waals surface area contributed by atoms with E-state index in [0.29, 0.717) is 0 Å². The molecule has 0 aromatic rings. The molecule has 0 aliphatic carbocycles. The van der Waals surface area contributed by atoms with Crippen molar-refractivity contribution in [2.75, 3.05) is 0 Å². The van der Waals surface area contributed by atoms with Crippen molar-refractivity contribution in [1.82, 2.24) is 0 Å². The molecule has 1 atom stereocenters. The van der Waals surface area contributed by atoms with Gasteiger partial charge in [0.2, 0.25) is 0 Å². The van der Waals surface area contributed by atoms with Crippen LogP contribution < -0.4 is 0 Å². The molecule has 44 heavy (non-hydrogen) atoms. The van der Waals surface area contributed by atoms with E-state index < -0.39 is 5.97 Å².